The molecule has 0 saturated carbocycles. The minimum atomic E-state index is 0.844. The van der Waals surface area contributed by atoms with Crippen LogP contribution in [0.3, 0.4) is 0 Å². The maximum absolute atomic E-state index is 4.31. The summed E-state index contributed by atoms with van der Waals surface area (Å²) in [5.41, 5.74) is 3.29. The molecule has 0 fully saturated rings. The smallest absolute Gasteiger partial charge is 0.370 e. The van der Waals surface area contributed by atoms with Crippen LogP contribution in [0.2, 0.25) is 0 Å². The van der Waals surface area contributed by atoms with E-state index in [1.165, 1.54) is 5.56 Å². The maximum Gasteiger partial charge on any atom is 0.409 e. The molecule has 1 heterocycles. The number of rotatable bonds is 5. The van der Waals surface area contributed by atoms with E-state index in [-0.39, 0.29) is 0 Å². The van der Waals surface area contributed by atoms with Gasteiger partial charge in [0.05, 0.1) is 12.2 Å². The van der Waals surface area contributed by atoms with Crippen LogP contribution in [-0.4, -0.2) is 7.05 Å². The fourth-order valence-corrected chi connectivity index (χ4v) is 3.71. The second-order valence-corrected chi connectivity index (χ2v) is 7.88. The van der Waals surface area contributed by atoms with Crippen LogP contribution in [0.25, 0.3) is 0 Å². The van der Waals surface area contributed by atoms with Crippen LogP contribution in [0.5, 0.6) is 0 Å². The summed E-state index contributed by atoms with van der Waals surface area (Å²) in [6.45, 7) is 0.876. The third-order valence-corrected chi connectivity index (χ3v) is 5.13. The van der Waals surface area contributed by atoms with Gasteiger partial charge < -0.3 is 4.90 Å². The quantitative estimate of drug-likeness (QED) is 0.416. The number of aromatic nitrogens is 1. The van der Waals surface area contributed by atoms with Crippen LogP contribution < -0.4 is 9.47 Å². The van der Waals surface area contributed by atoms with Crippen molar-refractivity contribution in [1.82, 2.24) is 0 Å². The van der Waals surface area contributed by atoms with Crippen molar-refractivity contribution in [2.45, 2.75) is 6.54 Å². The molecule has 0 unspecified atom stereocenters. The first-order valence-corrected chi connectivity index (χ1v) is 9.14. The lowest BCUT2D eigenvalue weighted by molar-refractivity contribution is -0.654. The summed E-state index contributed by atoms with van der Waals surface area (Å²) in [6, 6.07) is 18.6. The Morgan fingerprint density at radius 1 is 1.04 bits per heavy atom. The summed E-state index contributed by atoms with van der Waals surface area (Å²) in [4.78, 5) is 2.21. The Hall–Kier alpha value is -2.05. The van der Waals surface area contributed by atoms with Gasteiger partial charge in [-0.2, -0.15) is 0 Å². The van der Waals surface area contributed by atoms with E-state index < -0.39 is 0 Å². The summed E-state index contributed by atoms with van der Waals surface area (Å²) in [5, 5.41) is 9.47. The first-order chi connectivity index (χ1) is 11.6. The Morgan fingerprint density at radius 2 is 1.75 bits per heavy atom. The van der Waals surface area contributed by atoms with Crippen molar-refractivity contribution < 1.29 is 4.57 Å². The summed E-state index contributed by atoms with van der Waals surface area (Å²) in [6.07, 6.45) is 1.97. The number of halogens is 1. The van der Waals surface area contributed by atoms with Crippen LogP contribution >= 0.6 is 27.3 Å². The minimum absolute atomic E-state index is 0.844. The van der Waals surface area contributed by atoms with Gasteiger partial charge in [0.15, 0.2) is 0 Å². The monoisotopic (exact) mass is 401 g/mol. The van der Waals surface area contributed by atoms with E-state index in [0.29, 0.717) is 0 Å². The molecule has 4 nitrogen and oxygen atoms in total. The molecule has 6 heteroatoms. The van der Waals surface area contributed by atoms with Crippen LogP contribution in [0, 0.1) is 0 Å². The predicted octanol–water partition coefficient (Wildman–Crippen LogP) is 5.39. The molecule has 0 spiro atoms. The number of thiazole rings is 1. The zero-order valence-electron chi connectivity index (χ0n) is 13.6. The molecule has 122 valence electrons. The van der Waals surface area contributed by atoms with Crippen molar-refractivity contribution in [3.05, 3.63) is 70.1 Å². The van der Waals surface area contributed by atoms with Crippen molar-refractivity contribution in [3.63, 3.8) is 0 Å². The van der Waals surface area contributed by atoms with E-state index in [1.807, 2.05) is 36.0 Å². The molecule has 0 bridgehead atoms. The third-order valence-electron chi connectivity index (χ3n) is 3.59. The lowest BCUT2D eigenvalue weighted by Crippen LogP contribution is -2.23. The minimum Gasteiger partial charge on any atom is -0.370 e. The summed E-state index contributed by atoms with van der Waals surface area (Å²) in [5.74, 6) is 0. The normalized spacial score (nSPS) is 11.1. The lowest BCUT2D eigenvalue weighted by Gasteiger charge is -2.19. The Morgan fingerprint density at radius 3 is 2.38 bits per heavy atom. The van der Waals surface area contributed by atoms with Crippen LogP contribution in [0.15, 0.2) is 74.8 Å². The first kappa shape index (κ1) is 16.8. The number of aryl methyl sites for hydroxylation is 1. The number of benzene rings is 2. The van der Waals surface area contributed by atoms with E-state index >= 15 is 0 Å². The number of hydrogen-bond donors (Lipinski definition) is 0. The largest absolute Gasteiger partial charge is 0.409 e. The van der Waals surface area contributed by atoms with Gasteiger partial charge in [0, 0.05) is 19.3 Å². The molecule has 3 rings (SSSR count). The highest BCUT2D eigenvalue weighted by Gasteiger charge is 2.11. The molecule has 0 N–H and O–H groups in total. The Bertz CT molecular complexity index is 828. The van der Waals surface area contributed by atoms with E-state index in [2.05, 4.69) is 74.5 Å². The van der Waals surface area contributed by atoms with E-state index in [4.69, 9.17) is 0 Å². The molecule has 0 amide bonds. The van der Waals surface area contributed by atoms with Gasteiger partial charge in [-0.25, -0.2) is 4.57 Å². The van der Waals surface area contributed by atoms with E-state index in [1.54, 1.807) is 11.3 Å². The molecule has 0 aliphatic heterocycles. The molecule has 1 aromatic heterocycles. The fourth-order valence-electron chi connectivity index (χ4n) is 2.31. The first-order valence-electron chi connectivity index (χ1n) is 7.53. The molecule has 0 saturated heterocycles. The molecular formula is C18H18BrN4S+. The number of azo groups is 1. The molecule has 3 aromatic rings. The highest BCUT2D eigenvalue weighted by Crippen LogP contribution is 2.26. The van der Waals surface area contributed by atoms with Crippen molar-refractivity contribution in [2.75, 3.05) is 11.9 Å². The molecule has 24 heavy (non-hydrogen) atoms. The topological polar surface area (TPSA) is 31.8 Å². The summed E-state index contributed by atoms with van der Waals surface area (Å²) >= 11 is 5.01. The highest BCUT2D eigenvalue weighted by molar-refractivity contribution is 9.11. The van der Waals surface area contributed by atoms with Crippen molar-refractivity contribution in [1.29, 1.82) is 0 Å². The van der Waals surface area contributed by atoms with Gasteiger partial charge in [-0.1, -0.05) is 30.3 Å². The average Bonchev–Trinajstić information content (AvgIpc) is 2.92. The Labute approximate surface area is 154 Å². The van der Waals surface area contributed by atoms with Crippen molar-refractivity contribution in [3.8, 4) is 0 Å². The molecule has 2 aromatic carbocycles. The zero-order chi connectivity index (χ0) is 16.9. The zero-order valence-corrected chi connectivity index (χ0v) is 16.0. The molecule has 0 aliphatic rings. The number of nitrogens with zero attached hydrogens (tertiary/aromatic N) is 4. The fraction of sp³-hybridized carbons (Fsp3) is 0.167. The van der Waals surface area contributed by atoms with Gasteiger partial charge in [-0.3, -0.25) is 0 Å². The van der Waals surface area contributed by atoms with Gasteiger partial charge >= 0.3 is 5.13 Å². The van der Waals surface area contributed by atoms with Crippen molar-refractivity contribution in [2.24, 2.45) is 17.3 Å². The molecular weight excluding hydrogens is 384 g/mol. The molecule has 0 atom stereocenters. The summed E-state index contributed by atoms with van der Waals surface area (Å²) in [7, 11) is 4.05. The van der Waals surface area contributed by atoms with E-state index in [0.717, 1.165) is 26.8 Å². The second kappa shape index (κ2) is 7.68. The lowest BCUT2D eigenvalue weighted by atomic mass is 10.2. The SMILES string of the molecule is CN(Cc1ccccc1)c1ccc(N=Nc2sc(Br)c[n+]2C)cc1. The number of anilines is 1. The highest BCUT2D eigenvalue weighted by atomic mass is 79.9. The van der Waals surface area contributed by atoms with Crippen LogP contribution in [0.4, 0.5) is 16.5 Å². The second-order valence-electron chi connectivity index (χ2n) is 5.49. The van der Waals surface area contributed by atoms with Crippen LogP contribution in [-0.2, 0) is 13.6 Å². The van der Waals surface area contributed by atoms with Gasteiger partial charge in [0.1, 0.15) is 15.7 Å². The molecule has 0 aliphatic carbocycles. The Kier molecular flexibility index (Phi) is 5.37. The van der Waals surface area contributed by atoms with Crippen molar-refractivity contribution >= 4 is 43.8 Å². The maximum atomic E-state index is 4.31. The van der Waals surface area contributed by atoms with Gasteiger partial charge in [-0.05, 0) is 62.2 Å². The molecule has 0 radical (unpaired) electrons. The van der Waals surface area contributed by atoms with Gasteiger partial charge in [0.25, 0.3) is 0 Å². The third kappa shape index (κ3) is 4.27. The number of hydrogen-bond acceptors (Lipinski definition) is 4. The standard InChI is InChI=1S/C18H18BrN4S/c1-22(12-14-6-4-3-5-7-14)16-10-8-15(9-11-16)20-21-18-23(2)13-17(19)24-18/h3-11,13H,12H2,1-2H3/q+1. The average molecular weight is 402 g/mol. The Balaban J connectivity index is 1.67. The van der Waals surface area contributed by atoms with Gasteiger partial charge in [0.2, 0.25) is 0 Å². The van der Waals surface area contributed by atoms with E-state index in [9.17, 15) is 0 Å². The van der Waals surface area contributed by atoms with Crippen LogP contribution in [0.1, 0.15) is 5.56 Å². The summed E-state index contributed by atoms with van der Waals surface area (Å²) < 4.78 is 2.98. The predicted molar refractivity (Wildman–Crippen MR) is 102 cm³/mol. The van der Waals surface area contributed by atoms with Gasteiger partial charge in [-0.15, -0.1) is 0 Å².